The van der Waals surface area contributed by atoms with E-state index in [-0.39, 0.29) is 5.56 Å². The Balaban J connectivity index is 1.40. The third-order valence-electron chi connectivity index (χ3n) is 5.26. The molecule has 8 nitrogen and oxygen atoms in total. The fraction of sp³-hybridized carbons (Fsp3) is 0.250. The van der Waals surface area contributed by atoms with E-state index in [0.717, 1.165) is 16.1 Å². The van der Waals surface area contributed by atoms with Crippen molar-refractivity contribution in [2.75, 3.05) is 31.1 Å². The Morgan fingerprint density at radius 2 is 1.81 bits per heavy atom. The number of hydrogen-bond acceptors (Lipinski definition) is 8. The molecule has 5 rings (SSSR count). The highest BCUT2D eigenvalue weighted by Crippen LogP contribution is 2.28. The molecule has 1 aromatic carbocycles. The van der Waals surface area contributed by atoms with E-state index in [1.807, 2.05) is 36.1 Å². The summed E-state index contributed by atoms with van der Waals surface area (Å²) in [5.74, 6) is 0.554. The zero-order chi connectivity index (χ0) is 21.6. The normalized spacial score (nSPS) is 15.6. The predicted octanol–water partition coefficient (Wildman–Crippen LogP) is 2.70. The van der Waals surface area contributed by atoms with Crippen LogP contribution in [0.25, 0.3) is 15.5 Å². The molecule has 1 aliphatic heterocycles. The molecule has 4 aromatic rings. The van der Waals surface area contributed by atoms with Gasteiger partial charge in [-0.1, -0.05) is 41.7 Å². The number of sulfonamides is 1. The highest BCUT2D eigenvalue weighted by molar-refractivity contribution is 7.91. The second kappa shape index (κ2) is 7.83. The minimum Gasteiger partial charge on any atom is -0.354 e. The molecule has 0 saturated carbocycles. The maximum atomic E-state index is 12.7. The molecule has 1 saturated heterocycles. The van der Waals surface area contributed by atoms with Gasteiger partial charge in [0.2, 0.25) is 4.96 Å². The van der Waals surface area contributed by atoms with Gasteiger partial charge in [-0.05, 0) is 23.9 Å². The van der Waals surface area contributed by atoms with Gasteiger partial charge in [-0.15, -0.1) is 11.3 Å². The monoisotopic (exact) mass is 473 g/mol. The fourth-order valence-corrected chi connectivity index (χ4v) is 7.14. The number of thiophene rings is 1. The number of benzene rings is 1. The summed E-state index contributed by atoms with van der Waals surface area (Å²) < 4.78 is 28.6. The molecule has 0 amide bonds. The van der Waals surface area contributed by atoms with Crippen LogP contribution in [0, 0.1) is 6.92 Å². The molecule has 11 heteroatoms. The molecule has 0 unspecified atom stereocenters. The van der Waals surface area contributed by atoms with Crippen LogP contribution in [0.4, 0.5) is 5.82 Å². The van der Waals surface area contributed by atoms with Gasteiger partial charge in [-0.25, -0.2) is 13.4 Å². The minimum absolute atomic E-state index is 0.246. The van der Waals surface area contributed by atoms with Gasteiger partial charge in [0.15, 0.2) is 0 Å². The average molecular weight is 474 g/mol. The number of aryl methyl sites for hydroxylation is 1. The smallest absolute Gasteiger partial charge is 0.277 e. The maximum Gasteiger partial charge on any atom is 0.277 e. The van der Waals surface area contributed by atoms with E-state index in [9.17, 15) is 13.2 Å². The molecule has 3 aromatic heterocycles. The van der Waals surface area contributed by atoms with E-state index in [1.54, 1.807) is 17.5 Å². The summed E-state index contributed by atoms with van der Waals surface area (Å²) in [5.41, 5.74) is 1.81. The standard InChI is InChI=1S/C20H19N5O3S3/c1-14-5-2-3-6-15(14)19-22-25-17(26)13-16(21-20(25)30-19)23-8-10-24(11-9-23)31(27,28)18-7-4-12-29-18/h2-7,12-13H,8-11H2,1H3. The second-order valence-corrected chi connectivity index (χ2v) is 11.3. The minimum atomic E-state index is -3.47. The summed E-state index contributed by atoms with van der Waals surface area (Å²) in [7, 11) is -3.47. The molecular weight excluding hydrogens is 454 g/mol. The van der Waals surface area contributed by atoms with Gasteiger partial charge in [-0.3, -0.25) is 4.79 Å². The highest BCUT2D eigenvalue weighted by atomic mass is 32.2. The van der Waals surface area contributed by atoms with Crippen LogP contribution < -0.4 is 10.5 Å². The summed E-state index contributed by atoms with van der Waals surface area (Å²) in [6.07, 6.45) is 0. The van der Waals surface area contributed by atoms with E-state index in [0.29, 0.717) is 41.2 Å². The van der Waals surface area contributed by atoms with Crippen LogP contribution in [-0.2, 0) is 10.0 Å². The van der Waals surface area contributed by atoms with E-state index < -0.39 is 10.0 Å². The first-order valence-corrected chi connectivity index (χ1v) is 12.8. The molecule has 0 atom stereocenters. The van der Waals surface area contributed by atoms with Gasteiger partial charge in [0, 0.05) is 37.8 Å². The van der Waals surface area contributed by atoms with E-state index >= 15 is 0 Å². The number of anilines is 1. The number of piperazine rings is 1. The Bertz CT molecular complexity index is 1400. The molecular formula is C20H19N5O3S3. The third-order valence-corrected chi connectivity index (χ3v) is 9.47. The second-order valence-electron chi connectivity index (χ2n) is 7.19. The zero-order valence-electron chi connectivity index (χ0n) is 16.6. The summed E-state index contributed by atoms with van der Waals surface area (Å²) in [5, 5.41) is 6.96. The van der Waals surface area contributed by atoms with Gasteiger partial charge >= 0.3 is 0 Å². The molecule has 0 aliphatic carbocycles. The maximum absolute atomic E-state index is 12.7. The van der Waals surface area contributed by atoms with Crippen molar-refractivity contribution in [2.45, 2.75) is 11.1 Å². The lowest BCUT2D eigenvalue weighted by atomic mass is 10.1. The third kappa shape index (κ3) is 3.67. The van der Waals surface area contributed by atoms with Crippen LogP contribution in [0.15, 0.2) is 56.8 Å². The van der Waals surface area contributed by atoms with Crippen molar-refractivity contribution in [3.8, 4) is 10.6 Å². The van der Waals surface area contributed by atoms with Gasteiger partial charge in [0.05, 0.1) is 0 Å². The Morgan fingerprint density at radius 1 is 1.03 bits per heavy atom. The van der Waals surface area contributed by atoms with Gasteiger partial charge < -0.3 is 4.90 Å². The summed E-state index contributed by atoms with van der Waals surface area (Å²) in [4.78, 5) is 19.8. The Labute approximate surface area is 187 Å². The van der Waals surface area contributed by atoms with Crippen LogP contribution in [-0.4, -0.2) is 53.5 Å². The van der Waals surface area contributed by atoms with Crippen molar-refractivity contribution >= 4 is 43.5 Å². The molecule has 0 bridgehead atoms. The highest BCUT2D eigenvalue weighted by Gasteiger charge is 2.30. The topological polar surface area (TPSA) is 87.9 Å². The Morgan fingerprint density at radius 3 is 2.52 bits per heavy atom. The van der Waals surface area contributed by atoms with Gasteiger partial charge in [0.25, 0.3) is 15.6 Å². The largest absolute Gasteiger partial charge is 0.354 e. The molecule has 0 N–H and O–H groups in total. The van der Waals surface area contributed by atoms with Crippen molar-refractivity contribution < 1.29 is 8.42 Å². The molecule has 31 heavy (non-hydrogen) atoms. The lowest BCUT2D eigenvalue weighted by Gasteiger charge is -2.34. The molecule has 1 aliphatic rings. The fourth-order valence-electron chi connectivity index (χ4n) is 3.58. The van der Waals surface area contributed by atoms with E-state index in [4.69, 9.17) is 0 Å². The van der Waals surface area contributed by atoms with Crippen LogP contribution >= 0.6 is 22.7 Å². The van der Waals surface area contributed by atoms with E-state index in [1.165, 1.54) is 37.6 Å². The average Bonchev–Trinajstić information content (AvgIpc) is 3.45. The van der Waals surface area contributed by atoms with Gasteiger partial charge in [-0.2, -0.15) is 13.9 Å². The molecule has 4 heterocycles. The van der Waals surface area contributed by atoms with Crippen LogP contribution in [0.2, 0.25) is 0 Å². The lowest BCUT2D eigenvalue weighted by Crippen LogP contribution is -2.49. The van der Waals surface area contributed by atoms with Crippen LogP contribution in [0.1, 0.15) is 5.56 Å². The molecule has 1 fully saturated rings. The number of nitrogens with zero attached hydrogens (tertiary/aromatic N) is 5. The SMILES string of the molecule is Cc1ccccc1-c1nn2c(=O)cc(N3CCN(S(=O)(=O)c4cccs4)CC3)nc2s1. The quantitative estimate of drug-likeness (QED) is 0.453. The van der Waals surface area contributed by atoms with Crippen molar-refractivity contribution in [1.29, 1.82) is 0 Å². The number of fused-ring (bicyclic) bond motifs is 1. The molecule has 0 spiro atoms. The van der Waals surface area contributed by atoms with Crippen molar-refractivity contribution in [3.63, 3.8) is 0 Å². The van der Waals surface area contributed by atoms with Crippen molar-refractivity contribution in [2.24, 2.45) is 0 Å². The number of aromatic nitrogens is 3. The van der Waals surface area contributed by atoms with Crippen molar-refractivity contribution in [3.05, 3.63) is 63.8 Å². The van der Waals surface area contributed by atoms with Crippen LogP contribution in [0.5, 0.6) is 0 Å². The first-order valence-electron chi connectivity index (χ1n) is 9.69. The zero-order valence-corrected chi connectivity index (χ0v) is 19.1. The summed E-state index contributed by atoms with van der Waals surface area (Å²) in [6.45, 7) is 3.64. The lowest BCUT2D eigenvalue weighted by molar-refractivity contribution is 0.385. The number of rotatable bonds is 4. The van der Waals surface area contributed by atoms with Crippen molar-refractivity contribution in [1.82, 2.24) is 18.9 Å². The summed E-state index contributed by atoms with van der Waals surface area (Å²) in [6, 6.07) is 12.7. The summed E-state index contributed by atoms with van der Waals surface area (Å²) >= 11 is 2.59. The van der Waals surface area contributed by atoms with Crippen LogP contribution in [0.3, 0.4) is 0 Å². The first-order chi connectivity index (χ1) is 14.9. The predicted molar refractivity (Wildman–Crippen MR) is 123 cm³/mol. The van der Waals surface area contributed by atoms with Gasteiger partial charge in [0.1, 0.15) is 15.0 Å². The molecule has 160 valence electrons. The number of hydrogen-bond donors (Lipinski definition) is 0. The van der Waals surface area contributed by atoms with E-state index in [2.05, 4.69) is 10.1 Å². The first kappa shape index (κ1) is 20.3. The Hall–Kier alpha value is -2.60. The Kier molecular flexibility index (Phi) is 5.13. The molecule has 0 radical (unpaired) electrons.